The molecule has 0 aliphatic carbocycles. The summed E-state index contributed by atoms with van der Waals surface area (Å²) in [6, 6.07) is 6.87. The maximum Gasteiger partial charge on any atom is 0.305 e. The smallest absolute Gasteiger partial charge is 0.305 e. The standard InChI is InChI=1S/C15H17NO3/c1-9(2)13(8-14(17)18)16-10(3)11-6-4-5-7-12(11)15(16)19/h4-7,9,13H,3,8H2,1-2H3,(H,17,18). The minimum atomic E-state index is -0.907. The number of carboxylic acid groups (broad SMARTS) is 1. The van der Waals surface area contributed by atoms with Gasteiger partial charge in [-0.25, -0.2) is 0 Å². The lowest BCUT2D eigenvalue weighted by molar-refractivity contribution is -0.138. The third-order valence-corrected chi connectivity index (χ3v) is 3.46. The SMILES string of the molecule is C=C1c2ccccc2C(=O)N1C(CC(=O)O)C(C)C. The zero-order chi connectivity index (χ0) is 14.2. The average molecular weight is 259 g/mol. The minimum Gasteiger partial charge on any atom is -0.481 e. The van der Waals surface area contributed by atoms with Gasteiger partial charge >= 0.3 is 5.97 Å². The molecule has 19 heavy (non-hydrogen) atoms. The van der Waals surface area contributed by atoms with E-state index in [1.54, 1.807) is 12.1 Å². The molecule has 1 aromatic carbocycles. The maximum absolute atomic E-state index is 12.4. The molecule has 1 amide bonds. The van der Waals surface area contributed by atoms with Crippen LogP contribution < -0.4 is 0 Å². The average Bonchev–Trinajstić information content (AvgIpc) is 2.60. The molecule has 1 N–H and O–H groups in total. The molecular weight excluding hydrogens is 242 g/mol. The molecule has 1 aliphatic rings. The molecule has 2 rings (SSSR count). The topological polar surface area (TPSA) is 57.6 Å². The predicted octanol–water partition coefficient (Wildman–Crippen LogP) is 2.61. The molecule has 0 saturated carbocycles. The van der Waals surface area contributed by atoms with Gasteiger partial charge in [0, 0.05) is 22.9 Å². The molecule has 0 radical (unpaired) electrons. The monoisotopic (exact) mass is 259 g/mol. The van der Waals surface area contributed by atoms with Gasteiger partial charge in [0.15, 0.2) is 0 Å². The van der Waals surface area contributed by atoms with E-state index in [1.165, 1.54) is 4.90 Å². The van der Waals surface area contributed by atoms with Crippen molar-refractivity contribution in [3.8, 4) is 0 Å². The molecular formula is C15H17NO3. The zero-order valence-electron chi connectivity index (χ0n) is 11.1. The van der Waals surface area contributed by atoms with E-state index in [-0.39, 0.29) is 24.3 Å². The number of benzene rings is 1. The second kappa shape index (κ2) is 4.88. The summed E-state index contributed by atoms with van der Waals surface area (Å²) in [6.45, 7) is 7.78. The van der Waals surface area contributed by atoms with Gasteiger partial charge in [0.25, 0.3) is 5.91 Å². The molecule has 100 valence electrons. The summed E-state index contributed by atoms with van der Waals surface area (Å²) >= 11 is 0. The molecule has 0 aromatic heterocycles. The fraction of sp³-hybridized carbons (Fsp3) is 0.333. The Labute approximate surface area is 112 Å². The summed E-state index contributed by atoms with van der Waals surface area (Å²) in [5.41, 5.74) is 1.99. The number of carboxylic acids is 1. The Bertz CT molecular complexity index is 513. The van der Waals surface area contributed by atoms with E-state index in [0.29, 0.717) is 11.3 Å². The molecule has 4 nitrogen and oxygen atoms in total. The van der Waals surface area contributed by atoms with Gasteiger partial charge in [0.1, 0.15) is 0 Å². The molecule has 1 aliphatic heterocycles. The van der Waals surface area contributed by atoms with Crippen molar-refractivity contribution in [3.63, 3.8) is 0 Å². The largest absolute Gasteiger partial charge is 0.481 e. The first-order valence-electron chi connectivity index (χ1n) is 6.27. The fourth-order valence-electron chi connectivity index (χ4n) is 2.46. The lowest BCUT2D eigenvalue weighted by atomic mass is 9.99. The van der Waals surface area contributed by atoms with E-state index < -0.39 is 5.97 Å². The lowest BCUT2D eigenvalue weighted by Crippen LogP contribution is -2.39. The van der Waals surface area contributed by atoms with E-state index in [0.717, 1.165) is 5.56 Å². The van der Waals surface area contributed by atoms with Crippen LogP contribution in [0.3, 0.4) is 0 Å². The van der Waals surface area contributed by atoms with E-state index in [4.69, 9.17) is 5.11 Å². The number of hydrogen-bond acceptors (Lipinski definition) is 2. The lowest BCUT2D eigenvalue weighted by Gasteiger charge is -2.30. The van der Waals surface area contributed by atoms with Crippen molar-refractivity contribution in [2.45, 2.75) is 26.3 Å². The molecule has 0 spiro atoms. The van der Waals surface area contributed by atoms with Gasteiger partial charge in [-0.2, -0.15) is 0 Å². The molecule has 1 aromatic rings. The summed E-state index contributed by atoms with van der Waals surface area (Å²) in [7, 11) is 0. The Hall–Kier alpha value is -2.10. The number of fused-ring (bicyclic) bond motifs is 1. The number of carbonyl (C=O) groups is 2. The summed E-state index contributed by atoms with van der Waals surface area (Å²) in [5.74, 6) is -1.01. The Kier molecular flexibility index (Phi) is 3.42. The van der Waals surface area contributed by atoms with Crippen LogP contribution in [-0.2, 0) is 4.79 Å². The van der Waals surface area contributed by atoms with Crippen LogP contribution in [0.5, 0.6) is 0 Å². The van der Waals surface area contributed by atoms with Gasteiger partial charge in [-0.05, 0) is 12.0 Å². The van der Waals surface area contributed by atoms with Crippen molar-refractivity contribution in [2.75, 3.05) is 0 Å². The molecule has 4 heteroatoms. The van der Waals surface area contributed by atoms with E-state index in [1.807, 2.05) is 26.0 Å². The normalized spacial score (nSPS) is 15.8. The van der Waals surface area contributed by atoms with Gasteiger partial charge < -0.3 is 10.0 Å². The summed E-state index contributed by atoms with van der Waals surface area (Å²) < 4.78 is 0. The van der Waals surface area contributed by atoms with Gasteiger partial charge in [-0.15, -0.1) is 0 Å². The quantitative estimate of drug-likeness (QED) is 0.904. The van der Waals surface area contributed by atoms with E-state index >= 15 is 0 Å². The fourth-order valence-corrected chi connectivity index (χ4v) is 2.46. The number of carbonyl (C=O) groups excluding carboxylic acids is 1. The molecule has 1 atom stereocenters. The third kappa shape index (κ3) is 2.26. The first-order valence-corrected chi connectivity index (χ1v) is 6.27. The van der Waals surface area contributed by atoms with Crippen molar-refractivity contribution >= 4 is 17.6 Å². The highest BCUT2D eigenvalue weighted by Crippen LogP contribution is 2.35. The van der Waals surface area contributed by atoms with Crippen LogP contribution >= 0.6 is 0 Å². The highest BCUT2D eigenvalue weighted by Gasteiger charge is 2.37. The number of aliphatic carboxylic acids is 1. The predicted molar refractivity (Wildman–Crippen MR) is 72.5 cm³/mol. The molecule has 1 heterocycles. The van der Waals surface area contributed by atoms with Crippen LogP contribution in [-0.4, -0.2) is 27.9 Å². The Balaban J connectivity index is 2.39. The van der Waals surface area contributed by atoms with Crippen molar-refractivity contribution in [1.29, 1.82) is 0 Å². The summed E-state index contributed by atoms with van der Waals surface area (Å²) in [6.07, 6.45) is -0.0730. The van der Waals surface area contributed by atoms with E-state index in [9.17, 15) is 9.59 Å². The van der Waals surface area contributed by atoms with Gasteiger partial charge in [0.05, 0.1) is 6.42 Å². The highest BCUT2D eigenvalue weighted by molar-refractivity contribution is 6.09. The summed E-state index contributed by atoms with van der Waals surface area (Å²) in [4.78, 5) is 24.9. The third-order valence-electron chi connectivity index (χ3n) is 3.46. The first kappa shape index (κ1) is 13.3. The molecule has 0 fully saturated rings. The second-order valence-corrected chi connectivity index (χ2v) is 5.08. The van der Waals surface area contributed by atoms with Gasteiger partial charge in [0.2, 0.25) is 0 Å². The zero-order valence-corrected chi connectivity index (χ0v) is 11.1. The van der Waals surface area contributed by atoms with Gasteiger partial charge in [-0.3, -0.25) is 9.59 Å². The molecule has 0 bridgehead atoms. The Morgan fingerprint density at radius 3 is 2.37 bits per heavy atom. The van der Waals surface area contributed by atoms with Crippen LogP contribution in [0.15, 0.2) is 30.8 Å². The minimum absolute atomic E-state index is 0.0473. The van der Waals surface area contributed by atoms with Crippen LogP contribution in [0.1, 0.15) is 36.2 Å². The number of amides is 1. The van der Waals surface area contributed by atoms with Crippen molar-refractivity contribution in [3.05, 3.63) is 42.0 Å². The van der Waals surface area contributed by atoms with Crippen LogP contribution in [0, 0.1) is 5.92 Å². The van der Waals surface area contributed by atoms with Crippen molar-refractivity contribution in [1.82, 2.24) is 4.90 Å². The van der Waals surface area contributed by atoms with Gasteiger partial charge in [-0.1, -0.05) is 38.6 Å². The Morgan fingerprint density at radius 1 is 1.32 bits per heavy atom. The van der Waals surface area contributed by atoms with Crippen LogP contribution in [0.2, 0.25) is 0 Å². The van der Waals surface area contributed by atoms with E-state index in [2.05, 4.69) is 6.58 Å². The first-order chi connectivity index (χ1) is 8.93. The summed E-state index contributed by atoms with van der Waals surface area (Å²) in [5, 5.41) is 9.01. The number of nitrogens with zero attached hydrogens (tertiary/aromatic N) is 1. The second-order valence-electron chi connectivity index (χ2n) is 5.08. The van der Waals surface area contributed by atoms with Crippen molar-refractivity contribution in [2.24, 2.45) is 5.92 Å². The number of hydrogen-bond donors (Lipinski definition) is 1. The Morgan fingerprint density at radius 2 is 1.89 bits per heavy atom. The molecule has 1 unspecified atom stereocenters. The maximum atomic E-state index is 12.4. The van der Waals surface area contributed by atoms with Crippen LogP contribution in [0.25, 0.3) is 5.70 Å². The highest BCUT2D eigenvalue weighted by atomic mass is 16.4. The van der Waals surface area contributed by atoms with Crippen LogP contribution in [0.4, 0.5) is 0 Å². The van der Waals surface area contributed by atoms with Crippen molar-refractivity contribution < 1.29 is 14.7 Å². The number of rotatable bonds is 4. The molecule has 0 saturated heterocycles.